The number of ether oxygens (including phenoxy) is 1. The zero-order valence-electron chi connectivity index (χ0n) is 7.59. The Balaban J connectivity index is 1.97. The first-order valence-corrected chi connectivity index (χ1v) is 4.94. The first-order valence-electron chi connectivity index (χ1n) is 4.94. The molecule has 2 aliphatic rings. The van der Waals surface area contributed by atoms with Crippen LogP contribution in [0.25, 0.3) is 0 Å². The first kappa shape index (κ1) is 8.48. The molecule has 2 saturated heterocycles. The molecule has 1 atom stereocenters. The van der Waals surface area contributed by atoms with E-state index in [1.54, 1.807) is 0 Å². The first-order chi connectivity index (χ1) is 5.81. The number of hydrazine groups is 1. The van der Waals surface area contributed by atoms with Crippen molar-refractivity contribution in [1.29, 1.82) is 0 Å². The van der Waals surface area contributed by atoms with Crippen molar-refractivity contribution in [3.8, 4) is 0 Å². The van der Waals surface area contributed by atoms with Crippen LogP contribution in [-0.2, 0) is 4.74 Å². The van der Waals surface area contributed by atoms with Gasteiger partial charge >= 0.3 is 0 Å². The van der Waals surface area contributed by atoms with Gasteiger partial charge < -0.3 is 4.74 Å². The summed E-state index contributed by atoms with van der Waals surface area (Å²) in [6, 6.07) is 0. The van der Waals surface area contributed by atoms with Crippen LogP contribution in [0.1, 0.15) is 32.1 Å². The number of rotatable bonds is 0. The highest BCUT2D eigenvalue weighted by Gasteiger charge is 2.36. The molecule has 70 valence electrons. The molecule has 2 fully saturated rings. The van der Waals surface area contributed by atoms with Crippen LogP contribution in [0.5, 0.6) is 0 Å². The number of piperidine rings is 1. The number of nitrogens with zero attached hydrogens (tertiary/aromatic N) is 1. The Morgan fingerprint density at radius 2 is 2.00 bits per heavy atom. The third-order valence-electron chi connectivity index (χ3n) is 3.00. The van der Waals surface area contributed by atoms with Crippen LogP contribution in [0.2, 0.25) is 0 Å². The second-order valence-corrected chi connectivity index (χ2v) is 4.06. The molecule has 12 heavy (non-hydrogen) atoms. The van der Waals surface area contributed by atoms with Gasteiger partial charge in [0, 0.05) is 19.7 Å². The van der Waals surface area contributed by atoms with E-state index in [0.717, 1.165) is 19.7 Å². The Kier molecular flexibility index (Phi) is 2.35. The van der Waals surface area contributed by atoms with E-state index in [0.29, 0.717) is 0 Å². The summed E-state index contributed by atoms with van der Waals surface area (Å²) in [4.78, 5) is 0. The van der Waals surface area contributed by atoms with E-state index in [2.05, 4.69) is 0 Å². The molecule has 0 saturated carbocycles. The third-order valence-corrected chi connectivity index (χ3v) is 3.00. The van der Waals surface area contributed by atoms with Gasteiger partial charge in [-0.1, -0.05) is 0 Å². The maximum Gasteiger partial charge on any atom is 0.0823 e. The number of nitrogens with two attached hydrogens (primary N) is 1. The molecule has 0 amide bonds. The Morgan fingerprint density at radius 3 is 2.67 bits per heavy atom. The van der Waals surface area contributed by atoms with E-state index < -0.39 is 0 Å². The van der Waals surface area contributed by atoms with Gasteiger partial charge in [-0.25, -0.2) is 5.01 Å². The zero-order chi connectivity index (χ0) is 8.44. The van der Waals surface area contributed by atoms with E-state index >= 15 is 0 Å². The van der Waals surface area contributed by atoms with Crippen LogP contribution in [-0.4, -0.2) is 30.3 Å². The number of hydrogen-bond donors (Lipinski definition) is 1. The molecule has 3 heteroatoms. The maximum absolute atomic E-state index is 5.86. The molecule has 2 rings (SSSR count). The molecule has 2 aliphatic heterocycles. The lowest BCUT2D eigenvalue weighted by Crippen LogP contribution is -2.53. The second-order valence-electron chi connectivity index (χ2n) is 4.06. The summed E-state index contributed by atoms with van der Waals surface area (Å²) in [6.45, 7) is 2.91. The standard InChI is InChI=1S/C9H18N2O/c10-11-6-3-5-9(8-11)4-1-2-7-12-9/h1-8,10H2/t9-/m1/s1. The lowest BCUT2D eigenvalue weighted by Gasteiger charge is -2.43. The van der Waals surface area contributed by atoms with Crippen LogP contribution in [0.15, 0.2) is 0 Å². The molecule has 0 aromatic rings. The van der Waals surface area contributed by atoms with Crippen LogP contribution >= 0.6 is 0 Å². The highest BCUT2D eigenvalue weighted by atomic mass is 16.5. The molecule has 0 aromatic carbocycles. The van der Waals surface area contributed by atoms with Crippen molar-refractivity contribution in [3.05, 3.63) is 0 Å². The quantitative estimate of drug-likeness (QED) is 0.549. The van der Waals surface area contributed by atoms with E-state index in [1.165, 1.54) is 32.1 Å². The van der Waals surface area contributed by atoms with Crippen molar-refractivity contribution in [2.45, 2.75) is 37.7 Å². The fourth-order valence-electron chi connectivity index (χ4n) is 2.36. The Bertz CT molecular complexity index is 149. The predicted octanol–water partition coefficient (Wildman–Crippen LogP) is 0.895. The van der Waals surface area contributed by atoms with Crippen LogP contribution in [0.4, 0.5) is 0 Å². The van der Waals surface area contributed by atoms with Gasteiger partial charge in [0.2, 0.25) is 0 Å². The van der Waals surface area contributed by atoms with Crippen LogP contribution in [0.3, 0.4) is 0 Å². The van der Waals surface area contributed by atoms with E-state index in [9.17, 15) is 0 Å². The van der Waals surface area contributed by atoms with Gasteiger partial charge in [0.05, 0.1) is 5.60 Å². The third kappa shape index (κ3) is 1.63. The van der Waals surface area contributed by atoms with Crippen LogP contribution < -0.4 is 5.84 Å². The van der Waals surface area contributed by atoms with Gasteiger partial charge in [0.1, 0.15) is 0 Å². The SMILES string of the molecule is NN1CCC[C@]2(CCCCO2)C1. The fourth-order valence-corrected chi connectivity index (χ4v) is 2.36. The largest absolute Gasteiger partial charge is 0.374 e. The summed E-state index contributed by atoms with van der Waals surface area (Å²) in [5, 5.41) is 1.91. The smallest absolute Gasteiger partial charge is 0.0823 e. The summed E-state index contributed by atoms with van der Waals surface area (Å²) in [5.41, 5.74) is 0.130. The second kappa shape index (κ2) is 3.32. The van der Waals surface area contributed by atoms with Crippen molar-refractivity contribution in [2.24, 2.45) is 5.84 Å². The summed E-state index contributed by atoms with van der Waals surface area (Å²) < 4.78 is 5.86. The van der Waals surface area contributed by atoms with Gasteiger partial charge in [-0.05, 0) is 32.1 Å². The normalized spacial score (nSPS) is 38.8. The monoisotopic (exact) mass is 170 g/mol. The van der Waals surface area contributed by atoms with Crippen molar-refractivity contribution in [1.82, 2.24) is 5.01 Å². The zero-order valence-corrected chi connectivity index (χ0v) is 7.59. The van der Waals surface area contributed by atoms with Crippen molar-refractivity contribution < 1.29 is 4.74 Å². The predicted molar refractivity (Wildman–Crippen MR) is 47.5 cm³/mol. The minimum atomic E-state index is 0.130. The van der Waals surface area contributed by atoms with E-state index in [-0.39, 0.29) is 5.60 Å². The molecule has 0 aliphatic carbocycles. The van der Waals surface area contributed by atoms with Gasteiger partial charge in [-0.2, -0.15) is 0 Å². The molecule has 1 spiro atoms. The Labute approximate surface area is 73.8 Å². The lowest BCUT2D eigenvalue weighted by molar-refractivity contribution is -0.116. The van der Waals surface area contributed by atoms with Gasteiger partial charge in [-0.15, -0.1) is 0 Å². The van der Waals surface area contributed by atoms with Gasteiger partial charge in [0.25, 0.3) is 0 Å². The molecule has 2 heterocycles. The van der Waals surface area contributed by atoms with E-state index in [4.69, 9.17) is 10.6 Å². The summed E-state index contributed by atoms with van der Waals surface area (Å²) in [6.07, 6.45) is 6.15. The molecule has 0 aromatic heterocycles. The molecule has 0 radical (unpaired) electrons. The fraction of sp³-hybridized carbons (Fsp3) is 1.00. The maximum atomic E-state index is 5.86. The van der Waals surface area contributed by atoms with E-state index in [1.807, 2.05) is 5.01 Å². The average molecular weight is 170 g/mol. The number of hydrogen-bond acceptors (Lipinski definition) is 3. The highest BCUT2D eigenvalue weighted by Crippen LogP contribution is 2.32. The average Bonchev–Trinajstić information content (AvgIpc) is 2.05. The topological polar surface area (TPSA) is 38.5 Å². The summed E-state index contributed by atoms with van der Waals surface area (Å²) >= 11 is 0. The van der Waals surface area contributed by atoms with Crippen molar-refractivity contribution in [2.75, 3.05) is 19.7 Å². The Hall–Kier alpha value is -0.120. The molecular formula is C9H18N2O. The molecule has 2 N–H and O–H groups in total. The van der Waals surface area contributed by atoms with Crippen molar-refractivity contribution >= 4 is 0 Å². The summed E-state index contributed by atoms with van der Waals surface area (Å²) in [5.74, 6) is 5.79. The molecular weight excluding hydrogens is 152 g/mol. The highest BCUT2D eigenvalue weighted by molar-refractivity contribution is 4.89. The molecule has 3 nitrogen and oxygen atoms in total. The molecule has 0 bridgehead atoms. The summed E-state index contributed by atoms with van der Waals surface area (Å²) in [7, 11) is 0. The molecule has 0 unspecified atom stereocenters. The van der Waals surface area contributed by atoms with Gasteiger partial charge in [-0.3, -0.25) is 5.84 Å². The lowest BCUT2D eigenvalue weighted by atomic mass is 9.86. The van der Waals surface area contributed by atoms with Crippen LogP contribution in [0, 0.1) is 0 Å². The minimum absolute atomic E-state index is 0.130. The minimum Gasteiger partial charge on any atom is -0.374 e. The van der Waals surface area contributed by atoms with Gasteiger partial charge in [0.15, 0.2) is 0 Å². The van der Waals surface area contributed by atoms with Crippen molar-refractivity contribution in [3.63, 3.8) is 0 Å². The Morgan fingerprint density at radius 1 is 1.17 bits per heavy atom.